The van der Waals surface area contributed by atoms with Gasteiger partial charge in [-0.25, -0.2) is 4.98 Å². The molecule has 0 bridgehead atoms. The van der Waals surface area contributed by atoms with Crippen LogP contribution in [0.15, 0.2) is 42.7 Å². The molecule has 1 atom stereocenters. The van der Waals surface area contributed by atoms with Crippen molar-refractivity contribution < 1.29 is 5.11 Å². The predicted octanol–water partition coefficient (Wildman–Crippen LogP) is 3.29. The third-order valence-electron chi connectivity index (χ3n) is 6.80. The molecule has 1 aromatic carbocycles. The first-order chi connectivity index (χ1) is 15.9. The zero-order chi connectivity index (χ0) is 23.0. The molecule has 7 heteroatoms. The molecule has 2 aromatic heterocycles. The summed E-state index contributed by atoms with van der Waals surface area (Å²) in [4.78, 5) is 13.7. The lowest BCUT2D eigenvalue weighted by atomic mass is 10.0. The van der Waals surface area contributed by atoms with Crippen LogP contribution in [0.2, 0.25) is 0 Å². The second kappa shape index (κ2) is 8.71. The van der Waals surface area contributed by atoms with Gasteiger partial charge in [-0.15, -0.1) is 5.10 Å². The molecule has 0 spiro atoms. The first-order valence-corrected chi connectivity index (χ1v) is 11.9. The van der Waals surface area contributed by atoms with E-state index in [9.17, 15) is 5.11 Å². The van der Waals surface area contributed by atoms with Crippen molar-refractivity contribution in [2.75, 3.05) is 29.4 Å². The molecule has 1 aliphatic carbocycles. The van der Waals surface area contributed by atoms with Crippen molar-refractivity contribution in [3.63, 3.8) is 0 Å². The molecule has 3 heterocycles. The summed E-state index contributed by atoms with van der Waals surface area (Å²) >= 11 is 0. The van der Waals surface area contributed by atoms with Crippen LogP contribution >= 0.6 is 0 Å². The monoisotopic (exact) mass is 444 g/mol. The quantitative estimate of drug-likeness (QED) is 0.647. The maximum Gasteiger partial charge on any atom is 0.154 e. The first kappa shape index (κ1) is 21.8. The Balaban J connectivity index is 1.33. The fourth-order valence-corrected chi connectivity index (χ4v) is 5.00. The molecule has 3 aromatic rings. The van der Waals surface area contributed by atoms with E-state index in [1.54, 1.807) is 26.2 Å². The third kappa shape index (κ3) is 4.42. The van der Waals surface area contributed by atoms with E-state index in [0.29, 0.717) is 5.69 Å². The lowest BCUT2D eigenvalue weighted by Crippen LogP contribution is -2.53. The Morgan fingerprint density at radius 3 is 2.48 bits per heavy atom. The van der Waals surface area contributed by atoms with Crippen LogP contribution in [0.5, 0.6) is 0 Å². The molecule has 172 valence electrons. The normalized spacial score (nSPS) is 18.5. The van der Waals surface area contributed by atoms with Gasteiger partial charge in [0.1, 0.15) is 11.4 Å². The van der Waals surface area contributed by atoms with Crippen LogP contribution < -0.4 is 9.80 Å². The van der Waals surface area contributed by atoms with Gasteiger partial charge >= 0.3 is 0 Å². The molecule has 1 saturated heterocycles. The minimum absolute atomic E-state index is 0.267. The summed E-state index contributed by atoms with van der Waals surface area (Å²) in [7, 11) is 0. The van der Waals surface area contributed by atoms with Crippen LogP contribution in [0.25, 0.3) is 0 Å². The topological polar surface area (TPSA) is 78.3 Å². The Hall–Kier alpha value is -3.06. The minimum Gasteiger partial charge on any atom is -0.384 e. The van der Waals surface area contributed by atoms with Gasteiger partial charge in [0.15, 0.2) is 5.82 Å². The summed E-state index contributed by atoms with van der Waals surface area (Å²) in [6.07, 6.45) is 7.66. The highest BCUT2D eigenvalue weighted by Gasteiger charge is 2.30. The van der Waals surface area contributed by atoms with Crippen molar-refractivity contribution in [2.45, 2.75) is 58.1 Å². The lowest BCUT2D eigenvalue weighted by Gasteiger charge is -2.41. The standard InChI is InChI=1S/C26H32N6O/c1-18-17-31(12-13-32(18)24-16-27-23(15-28-24)26(2,3)33)25-21-11-7-10-20(21)22(29-30-25)14-19-8-5-4-6-9-19/h4-6,8-9,15-16,18,33H,7,10-14,17H2,1-3H3. The Morgan fingerprint density at radius 1 is 1.00 bits per heavy atom. The van der Waals surface area contributed by atoms with Crippen molar-refractivity contribution >= 4 is 11.6 Å². The maximum atomic E-state index is 10.1. The molecule has 5 rings (SSSR count). The van der Waals surface area contributed by atoms with E-state index in [4.69, 9.17) is 10.2 Å². The van der Waals surface area contributed by atoms with Crippen LogP contribution in [0.1, 0.15) is 55.3 Å². The van der Waals surface area contributed by atoms with Crippen LogP contribution in [0.3, 0.4) is 0 Å². The first-order valence-electron chi connectivity index (χ1n) is 11.9. The smallest absolute Gasteiger partial charge is 0.154 e. The second-order valence-corrected chi connectivity index (χ2v) is 9.75. The largest absolute Gasteiger partial charge is 0.384 e. The van der Waals surface area contributed by atoms with E-state index in [1.807, 2.05) is 0 Å². The molecule has 1 aliphatic heterocycles. The summed E-state index contributed by atoms with van der Waals surface area (Å²) in [6, 6.07) is 10.8. The fraction of sp³-hybridized carbons (Fsp3) is 0.462. The number of fused-ring (bicyclic) bond motifs is 1. The van der Waals surface area contributed by atoms with Gasteiger partial charge in [0.2, 0.25) is 0 Å². The SMILES string of the molecule is CC1CN(c2nnc(Cc3ccccc3)c3c2CCC3)CCN1c1cnc(C(C)(C)O)cn1. The summed E-state index contributed by atoms with van der Waals surface area (Å²) in [5, 5.41) is 19.6. The number of hydrogen-bond acceptors (Lipinski definition) is 7. The van der Waals surface area contributed by atoms with Gasteiger partial charge in [0.25, 0.3) is 0 Å². The number of nitrogens with zero attached hydrogens (tertiary/aromatic N) is 6. The van der Waals surface area contributed by atoms with Crippen LogP contribution in [-0.4, -0.2) is 50.9 Å². The molecule has 33 heavy (non-hydrogen) atoms. The summed E-state index contributed by atoms with van der Waals surface area (Å²) in [5.74, 6) is 1.92. The van der Waals surface area contributed by atoms with Gasteiger partial charge in [0, 0.05) is 37.7 Å². The molecule has 0 amide bonds. The molecule has 0 radical (unpaired) electrons. The Labute approximate surface area is 195 Å². The Bertz CT molecular complexity index is 1110. The van der Waals surface area contributed by atoms with Crippen molar-refractivity contribution in [3.8, 4) is 0 Å². The summed E-state index contributed by atoms with van der Waals surface area (Å²) in [6.45, 7) is 8.26. The molecule has 7 nitrogen and oxygen atoms in total. The fourth-order valence-electron chi connectivity index (χ4n) is 5.00. The average molecular weight is 445 g/mol. The molecule has 2 aliphatic rings. The number of rotatable bonds is 5. The summed E-state index contributed by atoms with van der Waals surface area (Å²) in [5.41, 5.74) is 4.82. The van der Waals surface area contributed by atoms with Crippen LogP contribution in [-0.2, 0) is 24.9 Å². The Morgan fingerprint density at radius 2 is 1.79 bits per heavy atom. The zero-order valence-corrected chi connectivity index (χ0v) is 19.7. The maximum absolute atomic E-state index is 10.1. The zero-order valence-electron chi connectivity index (χ0n) is 19.7. The lowest BCUT2D eigenvalue weighted by molar-refractivity contribution is 0.0734. The third-order valence-corrected chi connectivity index (χ3v) is 6.80. The second-order valence-electron chi connectivity index (χ2n) is 9.75. The van der Waals surface area contributed by atoms with E-state index in [2.05, 4.69) is 57.0 Å². The van der Waals surface area contributed by atoms with E-state index >= 15 is 0 Å². The predicted molar refractivity (Wildman–Crippen MR) is 130 cm³/mol. The number of aromatic nitrogens is 4. The number of aliphatic hydroxyl groups is 1. The van der Waals surface area contributed by atoms with Gasteiger partial charge in [-0.3, -0.25) is 4.98 Å². The molecule has 1 fully saturated rings. The number of benzene rings is 1. The Kier molecular flexibility index (Phi) is 5.74. The molecular formula is C26H32N6O. The van der Waals surface area contributed by atoms with E-state index in [-0.39, 0.29) is 6.04 Å². The van der Waals surface area contributed by atoms with Gasteiger partial charge in [0.05, 0.1) is 23.8 Å². The van der Waals surface area contributed by atoms with Gasteiger partial charge < -0.3 is 14.9 Å². The van der Waals surface area contributed by atoms with Crippen molar-refractivity contribution in [1.82, 2.24) is 20.2 Å². The van der Waals surface area contributed by atoms with Crippen molar-refractivity contribution in [2.24, 2.45) is 0 Å². The number of anilines is 2. The van der Waals surface area contributed by atoms with Gasteiger partial charge in [-0.1, -0.05) is 30.3 Å². The molecule has 1 unspecified atom stereocenters. The number of hydrogen-bond donors (Lipinski definition) is 1. The van der Waals surface area contributed by atoms with Crippen LogP contribution in [0, 0.1) is 0 Å². The van der Waals surface area contributed by atoms with Gasteiger partial charge in [-0.2, -0.15) is 5.10 Å². The van der Waals surface area contributed by atoms with Gasteiger partial charge in [-0.05, 0) is 51.2 Å². The van der Waals surface area contributed by atoms with Crippen molar-refractivity contribution in [1.29, 1.82) is 0 Å². The molecule has 1 N–H and O–H groups in total. The minimum atomic E-state index is -0.985. The molecule has 0 saturated carbocycles. The molecular weight excluding hydrogens is 412 g/mol. The highest BCUT2D eigenvalue weighted by Crippen LogP contribution is 2.33. The highest BCUT2D eigenvalue weighted by atomic mass is 16.3. The van der Waals surface area contributed by atoms with E-state index < -0.39 is 5.60 Å². The van der Waals surface area contributed by atoms with E-state index in [1.165, 1.54) is 23.1 Å². The summed E-state index contributed by atoms with van der Waals surface area (Å²) < 4.78 is 0. The van der Waals surface area contributed by atoms with Crippen LogP contribution in [0.4, 0.5) is 11.6 Å². The van der Waals surface area contributed by atoms with E-state index in [0.717, 1.165) is 56.2 Å². The van der Waals surface area contributed by atoms with Crippen molar-refractivity contribution in [3.05, 3.63) is 70.8 Å². The average Bonchev–Trinajstić information content (AvgIpc) is 3.30. The number of piperazine rings is 1. The highest BCUT2D eigenvalue weighted by molar-refractivity contribution is 5.55.